The lowest BCUT2D eigenvalue weighted by molar-refractivity contribution is 0.576. The minimum Gasteiger partial charge on any atom is -0.309 e. The first-order valence-electron chi connectivity index (χ1n) is 5.29. The van der Waals surface area contributed by atoms with Gasteiger partial charge in [-0.05, 0) is 43.1 Å². The number of hydrogen-bond acceptors (Lipinski definition) is 2. The van der Waals surface area contributed by atoms with Gasteiger partial charge in [0.25, 0.3) is 0 Å². The zero-order chi connectivity index (χ0) is 12.4. The number of benzene rings is 1. The van der Waals surface area contributed by atoms with Crippen molar-refractivity contribution in [3.05, 3.63) is 56.5 Å². The Kier molecular flexibility index (Phi) is 3.82. The fourth-order valence-electron chi connectivity index (χ4n) is 1.91. The Morgan fingerprint density at radius 2 is 2.06 bits per heavy atom. The van der Waals surface area contributed by atoms with Crippen molar-refractivity contribution in [2.45, 2.75) is 13.0 Å². The summed E-state index contributed by atoms with van der Waals surface area (Å²) in [5, 5.41) is 5.58. The second kappa shape index (κ2) is 5.17. The maximum absolute atomic E-state index is 13.9. The van der Waals surface area contributed by atoms with Crippen molar-refractivity contribution < 1.29 is 4.39 Å². The standard InChI is InChI=1S/C13H13ClFNS/c1-8-10(5-6-17-8)13(16-2)11-4-3-9(14)7-12(11)15/h3-7,13,16H,1-2H3. The molecule has 0 saturated carbocycles. The fourth-order valence-corrected chi connectivity index (χ4v) is 2.81. The molecule has 4 heteroatoms. The van der Waals surface area contributed by atoms with E-state index in [0.717, 1.165) is 5.56 Å². The van der Waals surface area contributed by atoms with Crippen LogP contribution in [-0.2, 0) is 0 Å². The lowest BCUT2D eigenvalue weighted by atomic mass is 9.99. The van der Waals surface area contributed by atoms with Crippen LogP contribution in [-0.4, -0.2) is 7.05 Å². The molecule has 1 atom stereocenters. The molecule has 2 rings (SSSR count). The molecular weight excluding hydrogens is 257 g/mol. The van der Waals surface area contributed by atoms with Gasteiger partial charge in [-0.1, -0.05) is 17.7 Å². The smallest absolute Gasteiger partial charge is 0.129 e. The Morgan fingerprint density at radius 3 is 2.59 bits per heavy atom. The maximum atomic E-state index is 13.9. The summed E-state index contributed by atoms with van der Waals surface area (Å²) < 4.78 is 13.9. The Morgan fingerprint density at radius 1 is 1.29 bits per heavy atom. The fraction of sp³-hybridized carbons (Fsp3) is 0.231. The van der Waals surface area contributed by atoms with E-state index < -0.39 is 0 Å². The number of thiophene rings is 1. The second-order valence-corrected chi connectivity index (χ2v) is 5.38. The molecule has 17 heavy (non-hydrogen) atoms. The molecule has 0 aliphatic carbocycles. The van der Waals surface area contributed by atoms with E-state index in [-0.39, 0.29) is 11.9 Å². The first-order valence-corrected chi connectivity index (χ1v) is 6.55. The maximum Gasteiger partial charge on any atom is 0.129 e. The van der Waals surface area contributed by atoms with Gasteiger partial charge in [-0.2, -0.15) is 0 Å². The monoisotopic (exact) mass is 269 g/mol. The van der Waals surface area contributed by atoms with Gasteiger partial charge in [0.2, 0.25) is 0 Å². The Labute approximate surface area is 109 Å². The molecule has 0 fully saturated rings. The molecule has 1 aromatic carbocycles. The Hall–Kier alpha value is -0.900. The number of aryl methyl sites for hydroxylation is 1. The summed E-state index contributed by atoms with van der Waals surface area (Å²) >= 11 is 7.43. The number of halogens is 2. The van der Waals surface area contributed by atoms with Gasteiger partial charge in [0.1, 0.15) is 5.82 Å². The summed E-state index contributed by atoms with van der Waals surface area (Å²) in [5.74, 6) is -0.276. The van der Waals surface area contributed by atoms with Crippen molar-refractivity contribution in [1.29, 1.82) is 0 Å². The van der Waals surface area contributed by atoms with Crippen LogP contribution in [0.4, 0.5) is 4.39 Å². The van der Waals surface area contributed by atoms with E-state index in [9.17, 15) is 4.39 Å². The van der Waals surface area contributed by atoms with Gasteiger partial charge in [0.15, 0.2) is 0 Å². The van der Waals surface area contributed by atoms with E-state index in [0.29, 0.717) is 10.6 Å². The van der Waals surface area contributed by atoms with Crippen LogP contribution in [0.5, 0.6) is 0 Å². The highest BCUT2D eigenvalue weighted by atomic mass is 35.5. The van der Waals surface area contributed by atoms with E-state index in [1.54, 1.807) is 23.5 Å². The van der Waals surface area contributed by atoms with E-state index >= 15 is 0 Å². The summed E-state index contributed by atoms with van der Waals surface area (Å²) in [4.78, 5) is 1.19. The van der Waals surface area contributed by atoms with Crippen molar-refractivity contribution in [3.8, 4) is 0 Å². The first-order chi connectivity index (χ1) is 8.13. The summed E-state index contributed by atoms with van der Waals surface area (Å²) in [6.45, 7) is 2.04. The van der Waals surface area contributed by atoms with Crippen molar-refractivity contribution in [3.63, 3.8) is 0 Å². The molecule has 0 amide bonds. The molecule has 0 aliphatic rings. The first kappa shape index (κ1) is 12.6. The summed E-state index contributed by atoms with van der Waals surface area (Å²) in [7, 11) is 1.83. The Balaban J connectivity index is 2.46. The summed E-state index contributed by atoms with van der Waals surface area (Å²) in [6.07, 6.45) is 0. The molecule has 0 saturated heterocycles. The topological polar surface area (TPSA) is 12.0 Å². The van der Waals surface area contributed by atoms with Gasteiger partial charge in [-0.25, -0.2) is 4.39 Å². The third-order valence-corrected chi connectivity index (χ3v) is 3.87. The van der Waals surface area contributed by atoms with Gasteiger partial charge < -0.3 is 5.32 Å². The van der Waals surface area contributed by atoms with E-state index in [2.05, 4.69) is 5.32 Å². The molecule has 1 aromatic heterocycles. The average Bonchev–Trinajstić information content (AvgIpc) is 2.69. The zero-order valence-electron chi connectivity index (χ0n) is 9.63. The normalized spacial score (nSPS) is 12.7. The molecule has 90 valence electrons. The minimum absolute atomic E-state index is 0.126. The van der Waals surface area contributed by atoms with Crippen LogP contribution in [0.1, 0.15) is 22.0 Å². The van der Waals surface area contributed by atoms with Crippen LogP contribution in [0.15, 0.2) is 29.6 Å². The quantitative estimate of drug-likeness (QED) is 0.882. The minimum atomic E-state index is -0.276. The second-order valence-electron chi connectivity index (χ2n) is 3.82. The largest absolute Gasteiger partial charge is 0.309 e. The lowest BCUT2D eigenvalue weighted by Crippen LogP contribution is -2.19. The Bertz CT molecular complexity index is 524. The highest BCUT2D eigenvalue weighted by molar-refractivity contribution is 7.10. The molecule has 1 unspecified atom stereocenters. The van der Waals surface area contributed by atoms with Crippen LogP contribution in [0, 0.1) is 12.7 Å². The number of nitrogens with one attached hydrogen (secondary N) is 1. The number of rotatable bonds is 3. The highest BCUT2D eigenvalue weighted by Crippen LogP contribution is 2.30. The third kappa shape index (κ3) is 2.51. The van der Waals surface area contributed by atoms with Crippen LogP contribution in [0.25, 0.3) is 0 Å². The molecular formula is C13H13ClFNS. The van der Waals surface area contributed by atoms with Crippen LogP contribution >= 0.6 is 22.9 Å². The third-order valence-electron chi connectivity index (χ3n) is 2.77. The van der Waals surface area contributed by atoms with Crippen molar-refractivity contribution in [1.82, 2.24) is 5.32 Å². The predicted molar refractivity (Wildman–Crippen MR) is 71.4 cm³/mol. The van der Waals surface area contributed by atoms with E-state index in [1.165, 1.54) is 10.9 Å². The van der Waals surface area contributed by atoms with Crippen LogP contribution in [0.3, 0.4) is 0 Å². The van der Waals surface area contributed by atoms with Gasteiger partial charge in [-0.3, -0.25) is 0 Å². The van der Waals surface area contributed by atoms with Crippen molar-refractivity contribution in [2.75, 3.05) is 7.05 Å². The van der Waals surface area contributed by atoms with E-state index in [1.807, 2.05) is 25.4 Å². The summed E-state index contributed by atoms with van der Waals surface area (Å²) in [5.41, 5.74) is 1.73. The van der Waals surface area contributed by atoms with Gasteiger partial charge in [-0.15, -0.1) is 11.3 Å². The molecule has 0 spiro atoms. The van der Waals surface area contributed by atoms with Crippen LogP contribution in [0.2, 0.25) is 5.02 Å². The molecule has 0 radical (unpaired) electrons. The van der Waals surface area contributed by atoms with E-state index in [4.69, 9.17) is 11.6 Å². The molecule has 0 aliphatic heterocycles. The molecule has 2 aromatic rings. The lowest BCUT2D eigenvalue weighted by Gasteiger charge is -2.17. The highest BCUT2D eigenvalue weighted by Gasteiger charge is 2.18. The van der Waals surface area contributed by atoms with Crippen LogP contribution < -0.4 is 5.32 Å². The van der Waals surface area contributed by atoms with Gasteiger partial charge in [0, 0.05) is 15.5 Å². The predicted octanol–water partition coefficient (Wildman–Crippen LogP) is 4.16. The zero-order valence-corrected chi connectivity index (χ0v) is 11.2. The molecule has 1 nitrogen and oxygen atoms in total. The number of hydrogen-bond donors (Lipinski definition) is 1. The van der Waals surface area contributed by atoms with Crippen molar-refractivity contribution >= 4 is 22.9 Å². The molecule has 1 N–H and O–H groups in total. The molecule has 0 bridgehead atoms. The van der Waals surface area contributed by atoms with Gasteiger partial charge >= 0.3 is 0 Å². The average molecular weight is 270 g/mol. The summed E-state index contributed by atoms with van der Waals surface area (Å²) in [6, 6.07) is 6.69. The van der Waals surface area contributed by atoms with Gasteiger partial charge in [0.05, 0.1) is 6.04 Å². The SMILES string of the molecule is CNC(c1ccc(Cl)cc1F)c1ccsc1C. The molecule has 1 heterocycles. The van der Waals surface area contributed by atoms with Crippen molar-refractivity contribution in [2.24, 2.45) is 0 Å².